The van der Waals surface area contributed by atoms with E-state index in [9.17, 15) is 0 Å². The highest BCUT2D eigenvalue weighted by Crippen LogP contribution is 2.48. The summed E-state index contributed by atoms with van der Waals surface area (Å²) in [7, 11) is 0. The molecule has 0 saturated carbocycles. The van der Waals surface area contributed by atoms with Crippen molar-refractivity contribution in [1.82, 2.24) is 24.1 Å². The second-order valence-electron chi connectivity index (χ2n) is 18.2. The van der Waals surface area contributed by atoms with Crippen molar-refractivity contribution in [1.29, 1.82) is 0 Å². The van der Waals surface area contributed by atoms with E-state index in [0.29, 0.717) is 23.2 Å². The van der Waals surface area contributed by atoms with Crippen LogP contribution in [0.5, 0.6) is 0 Å². The van der Waals surface area contributed by atoms with Crippen LogP contribution in [0.25, 0.3) is 145 Å². The van der Waals surface area contributed by atoms with Gasteiger partial charge in [0.25, 0.3) is 0 Å². The molecule has 0 aliphatic rings. The van der Waals surface area contributed by atoms with Crippen LogP contribution in [0.1, 0.15) is 0 Å². The molecule has 15 aromatic rings. The number of hydrogen-bond acceptors (Lipinski definition) is 5. The van der Waals surface area contributed by atoms with Gasteiger partial charge in [-0.25, -0.2) is 19.8 Å². The van der Waals surface area contributed by atoms with E-state index >= 15 is 0 Å². The second kappa shape index (κ2) is 15.9. The smallest absolute Gasteiger partial charge is 0.195 e. The minimum absolute atomic E-state index is 0.542. The number of para-hydroxylation sites is 2. The molecule has 72 heavy (non-hydrogen) atoms. The van der Waals surface area contributed by atoms with Crippen LogP contribution in [-0.4, -0.2) is 24.1 Å². The fourth-order valence-corrected chi connectivity index (χ4v) is 13.5. The highest BCUT2D eigenvalue weighted by atomic mass is 32.1. The van der Waals surface area contributed by atoms with Gasteiger partial charge in [0.2, 0.25) is 0 Å². The van der Waals surface area contributed by atoms with E-state index in [1.165, 1.54) is 61.9 Å². The van der Waals surface area contributed by atoms with Gasteiger partial charge >= 0.3 is 0 Å². The second-order valence-corrected chi connectivity index (χ2v) is 20.3. The lowest BCUT2D eigenvalue weighted by Crippen LogP contribution is -2.02. The van der Waals surface area contributed by atoms with Crippen LogP contribution in [0.4, 0.5) is 5.69 Å². The summed E-state index contributed by atoms with van der Waals surface area (Å²) in [4.78, 5) is 19.7. The zero-order valence-corrected chi connectivity index (χ0v) is 39.9. The largest absolute Gasteiger partial charge is 0.309 e. The van der Waals surface area contributed by atoms with Crippen LogP contribution < -0.4 is 0 Å². The Kier molecular flexibility index (Phi) is 8.96. The number of benzene rings is 10. The summed E-state index contributed by atoms with van der Waals surface area (Å²) in [6, 6.07) is 76.9. The van der Waals surface area contributed by atoms with Crippen molar-refractivity contribution in [2.75, 3.05) is 0 Å². The predicted molar refractivity (Wildman–Crippen MR) is 302 cm³/mol. The lowest BCUT2D eigenvalue weighted by atomic mass is 9.97. The van der Waals surface area contributed by atoms with E-state index in [0.717, 1.165) is 61.3 Å². The van der Waals surface area contributed by atoms with Gasteiger partial charge in [0, 0.05) is 84.3 Å². The topological polar surface area (TPSA) is 52.9 Å². The van der Waals surface area contributed by atoms with Crippen LogP contribution in [0, 0.1) is 6.57 Å². The standard InChI is InChI=1S/C64H36N6S2/c1-65-50-32-29-41(69-51-24-12-8-22-46(51)58-54(69)34-30-44-42-20-10-14-26-56(42)71-60(44)58)37-48(50)49-36-40(64-67-62(38-16-4-2-5-17-38)66-63(68-64)39-18-6-3-7-19-39)28-33-53(49)70-52-25-13-9-23-47(52)59-55(70)35-31-45-43-21-11-15-27-57(43)72-61(45)59/h2-37H. The van der Waals surface area contributed by atoms with Crippen molar-refractivity contribution < 1.29 is 0 Å². The molecule has 0 aliphatic carbocycles. The van der Waals surface area contributed by atoms with Crippen molar-refractivity contribution in [3.8, 4) is 56.7 Å². The van der Waals surface area contributed by atoms with Crippen LogP contribution in [0.3, 0.4) is 0 Å². The van der Waals surface area contributed by atoms with Crippen molar-refractivity contribution in [3.05, 3.63) is 230 Å². The fraction of sp³-hybridized carbons (Fsp3) is 0. The molecule has 5 heterocycles. The summed E-state index contributed by atoms with van der Waals surface area (Å²) in [5.74, 6) is 1.71. The lowest BCUT2D eigenvalue weighted by Gasteiger charge is -2.18. The predicted octanol–water partition coefficient (Wildman–Crippen LogP) is 18.0. The lowest BCUT2D eigenvalue weighted by molar-refractivity contribution is 1.07. The molecule has 0 spiro atoms. The first-order valence-corrected chi connectivity index (χ1v) is 25.5. The number of nitrogens with zero attached hydrogens (tertiary/aromatic N) is 6. The molecule has 0 saturated heterocycles. The summed E-state index contributed by atoms with van der Waals surface area (Å²) >= 11 is 3.70. The zero-order valence-electron chi connectivity index (χ0n) is 38.3. The van der Waals surface area contributed by atoms with E-state index in [2.05, 4.69) is 166 Å². The SMILES string of the molecule is [C-]#[N+]c1ccc(-n2c3ccccc3c3c4sc5ccccc5c4ccc32)cc1-c1cc(-c2nc(-c3ccccc3)nc(-c3ccccc3)n2)ccc1-n1c2ccccc2c2c3sc4ccccc4c3ccc21. The molecule has 0 bridgehead atoms. The van der Waals surface area contributed by atoms with Crippen LogP contribution in [0.2, 0.25) is 0 Å². The van der Waals surface area contributed by atoms with Gasteiger partial charge < -0.3 is 9.13 Å². The Morgan fingerprint density at radius 1 is 0.361 bits per heavy atom. The molecule has 0 N–H and O–H groups in total. The first-order valence-electron chi connectivity index (χ1n) is 23.9. The number of aromatic nitrogens is 5. The number of rotatable bonds is 6. The highest BCUT2D eigenvalue weighted by molar-refractivity contribution is 7.27. The van der Waals surface area contributed by atoms with Crippen molar-refractivity contribution >= 4 is 112 Å². The minimum atomic E-state index is 0.542. The molecule has 0 radical (unpaired) electrons. The van der Waals surface area contributed by atoms with Gasteiger partial charge in [-0.05, 0) is 77.9 Å². The molecule has 10 aromatic carbocycles. The number of hydrogen-bond donors (Lipinski definition) is 0. The molecule has 6 nitrogen and oxygen atoms in total. The molecule has 334 valence electrons. The molecular formula is C64H36N6S2. The maximum absolute atomic E-state index is 8.78. The quantitative estimate of drug-likeness (QED) is 0.156. The molecule has 0 fully saturated rings. The molecule has 0 amide bonds. The maximum Gasteiger partial charge on any atom is 0.195 e. The van der Waals surface area contributed by atoms with E-state index in [1.807, 2.05) is 89.4 Å². The van der Waals surface area contributed by atoms with Gasteiger partial charge in [-0.3, -0.25) is 0 Å². The minimum Gasteiger partial charge on any atom is -0.309 e. The Balaban J connectivity index is 1.03. The van der Waals surface area contributed by atoms with Gasteiger partial charge in [-0.1, -0.05) is 152 Å². The molecule has 0 unspecified atom stereocenters. The monoisotopic (exact) mass is 952 g/mol. The summed E-state index contributed by atoms with van der Waals surface area (Å²) in [6.45, 7) is 8.78. The molecule has 0 atom stereocenters. The summed E-state index contributed by atoms with van der Waals surface area (Å²) in [5.41, 5.74) is 11.2. The Morgan fingerprint density at radius 2 is 0.847 bits per heavy atom. The van der Waals surface area contributed by atoms with E-state index in [1.54, 1.807) is 0 Å². The van der Waals surface area contributed by atoms with Gasteiger partial charge in [-0.15, -0.1) is 22.7 Å². The molecule has 8 heteroatoms. The van der Waals surface area contributed by atoms with Crippen LogP contribution >= 0.6 is 22.7 Å². The number of thiophene rings is 2. The summed E-state index contributed by atoms with van der Waals surface area (Å²) in [6.07, 6.45) is 0. The Morgan fingerprint density at radius 3 is 1.42 bits per heavy atom. The van der Waals surface area contributed by atoms with E-state index in [4.69, 9.17) is 21.5 Å². The average molecular weight is 953 g/mol. The van der Waals surface area contributed by atoms with Gasteiger partial charge in [0.15, 0.2) is 23.2 Å². The van der Waals surface area contributed by atoms with Crippen molar-refractivity contribution in [2.24, 2.45) is 0 Å². The van der Waals surface area contributed by atoms with Gasteiger partial charge in [-0.2, -0.15) is 0 Å². The van der Waals surface area contributed by atoms with Crippen molar-refractivity contribution in [3.63, 3.8) is 0 Å². The van der Waals surface area contributed by atoms with Crippen LogP contribution in [-0.2, 0) is 0 Å². The molecular weight excluding hydrogens is 917 g/mol. The molecule has 0 aliphatic heterocycles. The van der Waals surface area contributed by atoms with Gasteiger partial charge in [0.1, 0.15) is 0 Å². The number of fused-ring (bicyclic) bond motifs is 14. The fourth-order valence-electron chi connectivity index (χ4n) is 11.0. The van der Waals surface area contributed by atoms with Crippen molar-refractivity contribution in [2.45, 2.75) is 0 Å². The first kappa shape index (κ1) is 40.6. The summed E-state index contributed by atoms with van der Waals surface area (Å²) in [5, 5.41) is 9.87. The Hall–Kier alpha value is -9.26. The normalized spacial score (nSPS) is 11.9. The molecule has 5 aromatic heterocycles. The third-order valence-corrected chi connectivity index (χ3v) is 16.6. The van der Waals surface area contributed by atoms with Gasteiger partial charge in [0.05, 0.1) is 34.3 Å². The zero-order chi connectivity index (χ0) is 47.4. The third-order valence-electron chi connectivity index (χ3n) is 14.2. The maximum atomic E-state index is 8.78. The van der Waals surface area contributed by atoms with E-state index < -0.39 is 0 Å². The Labute approximate surface area is 420 Å². The van der Waals surface area contributed by atoms with Crippen LogP contribution in [0.15, 0.2) is 218 Å². The Bertz CT molecular complexity index is 4710. The third kappa shape index (κ3) is 6.09. The summed E-state index contributed by atoms with van der Waals surface area (Å²) < 4.78 is 9.84. The molecule has 15 rings (SSSR count). The highest BCUT2D eigenvalue weighted by Gasteiger charge is 2.24. The first-order chi connectivity index (χ1) is 35.7. The van der Waals surface area contributed by atoms with E-state index in [-0.39, 0.29) is 0 Å². The average Bonchev–Trinajstić information content (AvgIpc) is 4.21.